The number of nitrogens with zero attached hydrogens (tertiary/aromatic N) is 6. The van der Waals surface area contributed by atoms with E-state index in [1.165, 1.54) is 63.1 Å². The average molecular weight is 1880 g/mol. The van der Waals surface area contributed by atoms with Crippen LogP contribution in [0.2, 0.25) is 0 Å². The Balaban J connectivity index is 1.20. The van der Waals surface area contributed by atoms with Gasteiger partial charge in [-0.3, -0.25) is 91.1 Å². The number of likely N-dealkylation sites (N-methyl/N-ethyl adjacent to an activating group) is 3. The lowest BCUT2D eigenvalue weighted by Gasteiger charge is -2.36. The summed E-state index contributed by atoms with van der Waals surface area (Å²) in [6.45, 7) is 1.22. The van der Waals surface area contributed by atoms with E-state index in [4.69, 9.17) is 34.4 Å². The summed E-state index contributed by atoms with van der Waals surface area (Å²) in [6, 6.07) is -3.68. The van der Waals surface area contributed by atoms with Gasteiger partial charge in [0, 0.05) is 119 Å². The number of fused-ring (bicyclic) bond motifs is 4. The molecule has 3 fully saturated rings. The minimum absolute atomic E-state index is 0.0490. The maximum atomic E-state index is 15.9. The number of primary amides is 3. The largest absolute Gasteiger partial charge is 0.508 e. The van der Waals surface area contributed by atoms with Gasteiger partial charge in [0.2, 0.25) is 106 Å². The molecule has 0 radical (unpaired) electrons. The number of aliphatic hydroxyl groups is 1. The summed E-state index contributed by atoms with van der Waals surface area (Å²) >= 11 is 0.735. The zero-order valence-electron chi connectivity index (χ0n) is 75.1. The number of carbonyl (C=O) groups is 19. The van der Waals surface area contributed by atoms with Gasteiger partial charge in [0.05, 0.1) is 24.8 Å². The lowest BCUT2D eigenvalue weighted by atomic mass is 10.00. The number of aliphatic hydroxyl groups excluding tert-OH is 1. The number of carbonyl (C=O) groups excluding carboxylic acids is 18. The van der Waals surface area contributed by atoms with Gasteiger partial charge in [-0.05, 0) is 92.9 Å². The summed E-state index contributed by atoms with van der Waals surface area (Å²) in [5, 5.41) is 58.3. The van der Waals surface area contributed by atoms with Crippen LogP contribution in [0.1, 0.15) is 121 Å². The first kappa shape index (κ1) is 105. The number of nitrogens with two attached hydrogens (primary N) is 6. The van der Waals surface area contributed by atoms with Crippen LogP contribution in [-0.2, 0) is 117 Å². The van der Waals surface area contributed by atoms with E-state index in [9.17, 15) is 77.6 Å². The fourth-order valence-electron chi connectivity index (χ4n) is 16.2. The van der Waals surface area contributed by atoms with Gasteiger partial charge in [0.1, 0.15) is 96.9 Å². The Morgan fingerprint density at radius 2 is 1.08 bits per heavy atom. The third-order valence-corrected chi connectivity index (χ3v) is 24.6. The molecule has 2 aromatic heterocycles. The van der Waals surface area contributed by atoms with Gasteiger partial charge in [-0.1, -0.05) is 88.1 Å². The summed E-state index contributed by atoms with van der Waals surface area (Å²) in [5.41, 5.74) is 37.4. The standard InChI is InChI=1S/C87H123N23O22S/c1-7-9-19-65-80(125)102-62(38-90)79(124)104-63(75(120)95-40-71(93)115)44-133-45-72(116)96-58(32-47-23-25-50(111)26-24-47)83(128)105(4)46(3)74(119)100-60(36-70(92)114)86(131)109-31-15-22-66(109)81(126)103-61(37-89)78(123)98-56(27-28-69(91)113)85(130)110-42-51(112)35-68(110)82(127)99-57(33-48-39-94-54-18-13-11-16-52(48)54)77(122)97-55(29-30-88)76(121)101-59(84(129)107(6)67(20-10-8-2)87(132)106(65)5)34-49-41-108(43-73(117)118)64-21-14-12-17-53(49)64/h11-14,16-18,21,23-26,39,41,46,51,55-63,65-68,94,111-112H,7-10,15,19-20,22,27-38,40,42-45,88-90H2,1-6H3,(H2,91,113)(H2,92,114)(H2,93,115)(H,95,120)(H,96,116)(H,97,122)(H,98,123)(H,99,127)(H,100,119)(H,101,121)(H,102,125)(H,103,126)(H,104,124)(H,117,118)/t46-,51+,55-,56-,57-,58-,59-,60-,61-,62-,63-,65-,66-,67-,68-/m0/s1. The first-order chi connectivity index (χ1) is 63.2. The number of hydrogen-bond acceptors (Lipinski definition) is 25. The Labute approximate surface area is 770 Å². The van der Waals surface area contributed by atoms with Crippen molar-refractivity contribution in [2.75, 3.05) is 71.9 Å². The van der Waals surface area contributed by atoms with Gasteiger partial charge in [0.15, 0.2) is 0 Å². The fraction of sp³-hybridized carbons (Fsp3) is 0.529. The van der Waals surface area contributed by atoms with E-state index in [1.807, 2.05) is 6.92 Å². The molecule has 5 aromatic rings. The number of aliphatic carboxylic acids is 1. The molecule has 0 spiro atoms. The molecule has 0 aliphatic carbocycles. The van der Waals surface area contributed by atoms with Crippen LogP contribution in [0, 0.1) is 0 Å². The van der Waals surface area contributed by atoms with Gasteiger partial charge in [-0.25, -0.2) is 0 Å². The van der Waals surface area contributed by atoms with Crippen LogP contribution in [0.4, 0.5) is 0 Å². The minimum Gasteiger partial charge on any atom is -0.508 e. The van der Waals surface area contributed by atoms with Gasteiger partial charge < -0.3 is 137 Å². The third-order valence-electron chi connectivity index (χ3n) is 23.6. The molecular formula is C87H123N23O22S. The monoisotopic (exact) mass is 1870 g/mol. The maximum absolute atomic E-state index is 15.9. The van der Waals surface area contributed by atoms with Crippen LogP contribution < -0.4 is 87.6 Å². The van der Waals surface area contributed by atoms with Crippen LogP contribution in [0.15, 0.2) is 85.2 Å². The second kappa shape index (κ2) is 49.8. The van der Waals surface area contributed by atoms with Crippen molar-refractivity contribution in [2.45, 2.75) is 221 Å². The first-order valence-corrected chi connectivity index (χ1v) is 45.1. The first-order valence-electron chi connectivity index (χ1n) is 44.0. The maximum Gasteiger partial charge on any atom is 0.323 e. The summed E-state index contributed by atoms with van der Waals surface area (Å²) in [6.07, 6.45) is -0.762. The number of aromatic amines is 1. The summed E-state index contributed by atoms with van der Waals surface area (Å²) < 4.78 is 1.41. The number of nitrogens with one attached hydrogen (secondary N) is 11. The number of phenols is 1. The molecule has 0 unspecified atom stereocenters. The summed E-state index contributed by atoms with van der Waals surface area (Å²) in [4.78, 5) is 281. The van der Waals surface area contributed by atoms with Gasteiger partial charge in [0.25, 0.3) is 0 Å². The van der Waals surface area contributed by atoms with Crippen molar-refractivity contribution in [2.24, 2.45) is 34.4 Å². The molecule has 3 aliphatic rings. The Hall–Kier alpha value is -13.3. The molecule has 45 nitrogen and oxygen atoms in total. The lowest BCUT2D eigenvalue weighted by Crippen LogP contribution is -2.62. The average Bonchev–Trinajstić information content (AvgIpc) is 1.70. The highest BCUT2D eigenvalue weighted by atomic mass is 32.2. The number of aromatic hydroxyl groups is 1. The molecule has 5 heterocycles. The van der Waals surface area contributed by atoms with E-state index in [-0.39, 0.29) is 70.2 Å². The molecule has 15 atom stereocenters. The van der Waals surface area contributed by atoms with Crippen LogP contribution >= 0.6 is 11.8 Å². The number of carboxylic acids is 1. The van der Waals surface area contributed by atoms with Gasteiger partial charge in [-0.15, -0.1) is 11.8 Å². The van der Waals surface area contributed by atoms with Crippen LogP contribution in [0.3, 0.4) is 0 Å². The van der Waals surface area contributed by atoms with E-state index in [0.717, 1.165) is 36.3 Å². The van der Waals surface area contributed by atoms with Crippen molar-refractivity contribution in [3.05, 3.63) is 102 Å². The number of thioether (sulfide) groups is 1. The van der Waals surface area contributed by atoms with Crippen molar-refractivity contribution in [3.8, 4) is 5.75 Å². The number of phenolic OH excluding ortho intramolecular Hbond substituents is 1. The molecule has 3 aromatic carbocycles. The summed E-state index contributed by atoms with van der Waals surface area (Å²) in [7, 11) is 3.79. The second-order valence-corrected chi connectivity index (χ2v) is 34.3. The minimum atomic E-state index is -1.81. The van der Waals surface area contributed by atoms with Gasteiger partial charge in [-0.2, -0.15) is 0 Å². The Morgan fingerprint density at radius 3 is 1.71 bits per heavy atom. The van der Waals surface area contributed by atoms with Crippen molar-refractivity contribution < 1.29 is 106 Å². The molecule has 724 valence electrons. The molecule has 0 saturated carbocycles. The lowest BCUT2D eigenvalue weighted by molar-refractivity contribution is -0.149. The van der Waals surface area contributed by atoms with E-state index in [0.29, 0.717) is 57.8 Å². The molecule has 8 rings (SSSR count). The second-order valence-electron chi connectivity index (χ2n) is 33.3. The van der Waals surface area contributed by atoms with Crippen LogP contribution in [-0.4, -0.2) is 324 Å². The number of H-pyrrole nitrogens is 1. The van der Waals surface area contributed by atoms with E-state index in [2.05, 4.69) is 58.2 Å². The molecule has 18 amide bonds. The number of para-hydroxylation sites is 2. The zero-order chi connectivity index (χ0) is 97.8. The quantitative estimate of drug-likeness (QED) is 0.0245. The number of benzene rings is 3. The molecule has 3 saturated heterocycles. The smallest absolute Gasteiger partial charge is 0.323 e. The molecule has 26 N–H and O–H groups in total. The predicted octanol–water partition coefficient (Wildman–Crippen LogP) is -6.11. The summed E-state index contributed by atoms with van der Waals surface area (Å²) in [5.74, 6) is -20.4. The van der Waals surface area contributed by atoms with E-state index >= 15 is 28.8 Å². The molecule has 0 bridgehead atoms. The molecule has 46 heteroatoms. The number of rotatable bonds is 26. The number of carboxylic acid groups (broad SMARTS) is 1. The van der Waals surface area contributed by atoms with Crippen molar-refractivity contribution in [1.29, 1.82) is 0 Å². The molecule has 3 aliphatic heterocycles. The van der Waals surface area contributed by atoms with Crippen molar-refractivity contribution >= 4 is 146 Å². The van der Waals surface area contributed by atoms with Crippen molar-refractivity contribution in [3.63, 3.8) is 0 Å². The fourth-order valence-corrected chi connectivity index (χ4v) is 17.0. The Bertz CT molecular complexity index is 5070. The SMILES string of the molecule is CCCC[C@H]1C(=O)N(C)[C@@H](CCCC)C(=O)N[C@@H](CN)C(=O)N[C@H](C(=O)NCC(N)=O)CSCC(=O)N[C@@H](Cc2ccc(O)cc2)C(=O)N(C)[C@@H](C)C(=O)N[C@@H](CC(N)=O)C(=O)N2CCC[C@H]2C(=O)N[C@@H](CN)C(=O)N[C@@H](CCC(N)=O)C(=O)N2C[C@H](O)C[C@H]2C(=O)N[C@@H](Cc2c[nH]c3ccccc23)C(=O)N[C@@H](CCN)C(=O)N[C@@H](Cc2cn(CC(=O)O)c3ccccc23)C(=O)N1C. The van der Waals surface area contributed by atoms with Crippen LogP contribution in [0.5, 0.6) is 5.75 Å². The van der Waals surface area contributed by atoms with E-state index < -0.39 is 279 Å². The normalized spacial score (nSPS) is 24.9. The van der Waals surface area contributed by atoms with E-state index in [1.54, 1.807) is 61.7 Å². The number of unbranched alkanes of at least 4 members (excludes halogenated alkanes) is 2. The molecule has 133 heavy (non-hydrogen) atoms. The van der Waals surface area contributed by atoms with Gasteiger partial charge >= 0.3 is 5.97 Å². The molecular weight excluding hydrogens is 1750 g/mol. The highest BCUT2D eigenvalue weighted by Gasteiger charge is 2.47. The Morgan fingerprint density at radius 1 is 0.526 bits per heavy atom. The highest BCUT2D eigenvalue weighted by Crippen LogP contribution is 2.29. The topological polar surface area (TPSA) is 698 Å². The Kier molecular flexibility index (Phi) is 39.3. The highest BCUT2D eigenvalue weighted by molar-refractivity contribution is 8.00. The van der Waals surface area contributed by atoms with Crippen molar-refractivity contribution in [1.82, 2.24) is 87.2 Å². The zero-order valence-corrected chi connectivity index (χ0v) is 75.9. The number of aromatic nitrogens is 2. The number of amides is 18. The van der Waals surface area contributed by atoms with Crippen LogP contribution in [0.25, 0.3) is 21.8 Å². The number of hydrogen-bond donors (Lipinski definition) is 20. The predicted molar refractivity (Wildman–Crippen MR) is 483 cm³/mol. The third kappa shape index (κ3) is 28.8.